The highest BCUT2D eigenvalue weighted by atomic mass is 31.1. The number of rotatable bonds is 9. The van der Waals surface area contributed by atoms with Gasteiger partial charge in [0, 0.05) is 0 Å². The van der Waals surface area contributed by atoms with Crippen molar-refractivity contribution in [1.29, 1.82) is 0 Å². The smallest absolute Gasteiger partial charge is 0.0156 e. The summed E-state index contributed by atoms with van der Waals surface area (Å²) in [6, 6.07) is 10.7. The van der Waals surface area contributed by atoms with E-state index in [-0.39, 0.29) is 15.8 Å². The quantitative estimate of drug-likeness (QED) is 0.329. The first-order valence-electron chi connectivity index (χ1n) is 8.42. The maximum Gasteiger partial charge on any atom is -0.0156 e. The first-order chi connectivity index (χ1) is 11.6. The molecule has 0 aliphatic carbocycles. The molecule has 1 unspecified atom stereocenters. The van der Waals surface area contributed by atoms with E-state index in [0.29, 0.717) is 0 Å². The Morgan fingerprint density at radius 2 is 1.67 bits per heavy atom. The molecule has 0 heterocycles. The highest BCUT2D eigenvalue weighted by Gasteiger charge is 2.07. The van der Waals surface area contributed by atoms with Crippen molar-refractivity contribution in [3.8, 4) is 0 Å². The summed E-state index contributed by atoms with van der Waals surface area (Å²) in [6.45, 7) is 13.0. The molecule has 0 radical (unpaired) electrons. The molecule has 128 valence electrons. The molecule has 1 atom stereocenters. The SMILES string of the molecule is C=C/C=C(\C=C\C/C=C(\C=C/CC)P(C)C)P(C)c1ccccc1. The molecule has 1 aromatic carbocycles. The third-order valence-corrected chi connectivity index (χ3v) is 7.12. The molecule has 0 aromatic heterocycles. The van der Waals surface area contributed by atoms with Crippen molar-refractivity contribution in [2.45, 2.75) is 19.8 Å². The molecule has 0 saturated carbocycles. The van der Waals surface area contributed by atoms with Crippen molar-refractivity contribution in [2.24, 2.45) is 0 Å². The van der Waals surface area contributed by atoms with Crippen LogP contribution in [-0.4, -0.2) is 20.0 Å². The fourth-order valence-electron chi connectivity index (χ4n) is 2.22. The van der Waals surface area contributed by atoms with Crippen LogP contribution in [-0.2, 0) is 0 Å². The third-order valence-electron chi connectivity index (χ3n) is 3.61. The van der Waals surface area contributed by atoms with Gasteiger partial charge in [-0.25, -0.2) is 0 Å². The van der Waals surface area contributed by atoms with Crippen molar-refractivity contribution >= 4 is 21.1 Å². The number of hydrogen-bond donors (Lipinski definition) is 0. The molecule has 0 aliphatic heterocycles. The van der Waals surface area contributed by atoms with Crippen molar-refractivity contribution in [2.75, 3.05) is 20.0 Å². The highest BCUT2D eigenvalue weighted by molar-refractivity contribution is 7.69. The Morgan fingerprint density at radius 1 is 1.00 bits per heavy atom. The lowest BCUT2D eigenvalue weighted by Gasteiger charge is -2.13. The maximum absolute atomic E-state index is 3.87. The Bertz CT molecular complexity index is 604. The minimum atomic E-state index is -0.326. The second-order valence-corrected chi connectivity index (χ2v) is 10.1. The van der Waals surface area contributed by atoms with Crippen LogP contribution in [0.4, 0.5) is 0 Å². The van der Waals surface area contributed by atoms with E-state index in [1.807, 2.05) is 6.08 Å². The number of allylic oxidation sites excluding steroid dienone is 9. The van der Waals surface area contributed by atoms with Crippen molar-refractivity contribution in [3.05, 3.63) is 90.1 Å². The van der Waals surface area contributed by atoms with Crippen molar-refractivity contribution in [3.63, 3.8) is 0 Å². The molecule has 0 bridgehead atoms. The topological polar surface area (TPSA) is 0 Å². The first kappa shape index (κ1) is 20.8. The van der Waals surface area contributed by atoms with E-state index in [4.69, 9.17) is 0 Å². The zero-order valence-corrected chi connectivity index (χ0v) is 17.2. The van der Waals surface area contributed by atoms with Crippen LogP contribution in [0.1, 0.15) is 19.8 Å². The lowest BCUT2D eigenvalue weighted by atomic mass is 10.3. The largest absolute Gasteiger partial charge is 0.0990 e. The Morgan fingerprint density at radius 3 is 2.25 bits per heavy atom. The second kappa shape index (κ2) is 12.2. The Balaban J connectivity index is 2.82. The minimum absolute atomic E-state index is 0.0491. The summed E-state index contributed by atoms with van der Waals surface area (Å²) in [5.74, 6) is 0. The van der Waals surface area contributed by atoms with Crippen LogP contribution in [0.15, 0.2) is 90.1 Å². The van der Waals surface area contributed by atoms with Gasteiger partial charge in [0.05, 0.1) is 0 Å². The maximum atomic E-state index is 3.87. The molecule has 2 heteroatoms. The predicted molar refractivity (Wildman–Crippen MR) is 117 cm³/mol. The van der Waals surface area contributed by atoms with E-state index in [2.05, 4.69) is 100 Å². The van der Waals surface area contributed by atoms with Gasteiger partial charge in [0.2, 0.25) is 0 Å². The van der Waals surface area contributed by atoms with E-state index in [1.165, 1.54) is 15.9 Å². The van der Waals surface area contributed by atoms with Crippen molar-refractivity contribution in [1.82, 2.24) is 0 Å². The van der Waals surface area contributed by atoms with Crippen LogP contribution in [0.25, 0.3) is 0 Å². The average Bonchev–Trinajstić information content (AvgIpc) is 2.60. The van der Waals surface area contributed by atoms with E-state index >= 15 is 0 Å². The second-order valence-electron chi connectivity index (χ2n) is 5.69. The molecular formula is C22H30P2. The van der Waals surface area contributed by atoms with Gasteiger partial charge in [0.25, 0.3) is 0 Å². The molecule has 0 spiro atoms. The van der Waals surface area contributed by atoms with Gasteiger partial charge in [0.15, 0.2) is 0 Å². The Kier molecular flexibility index (Phi) is 10.6. The van der Waals surface area contributed by atoms with Gasteiger partial charge in [-0.15, -0.1) is 0 Å². The summed E-state index contributed by atoms with van der Waals surface area (Å²) >= 11 is 0. The highest BCUT2D eigenvalue weighted by Crippen LogP contribution is 2.41. The van der Waals surface area contributed by atoms with Crippen LogP contribution in [0, 0.1) is 0 Å². The van der Waals surface area contributed by atoms with Crippen LogP contribution in [0.5, 0.6) is 0 Å². The fraction of sp³-hybridized carbons (Fsp3) is 0.273. The Hall–Kier alpha value is -1.22. The summed E-state index contributed by atoms with van der Waals surface area (Å²) < 4.78 is 0. The van der Waals surface area contributed by atoms with E-state index in [1.54, 1.807) is 0 Å². The third kappa shape index (κ3) is 7.57. The fourth-order valence-corrected chi connectivity index (χ4v) is 4.67. The number of benzene rings is 1. The molecule has 0 fully saturated rings. The zero-order valence-electron chi connectivity index (χ0n) is 15.4. The van der Waals surface area contributed by atoms with Crippen LogP contribution < -0.4 is 5.30 Å². The van der Waals surface area contributed by atoms with Gasteiger partial charge in [-0.05, 0) is 56.7 Å². The normalized spacial score (nSPS) is 14.7. The summed E-state index contributed by atoms with van der Waals surface area (Å²) in [6.07, 6.45) is 17.6. The molecule has 0 N–H and O–H groups in total. The standard InChI is InChI=1S/C22H30P2/c1-6-8-15-20(23(3)4)16-12-13-19-21(14-7-2)24(5)22-17-10-9-11-18-22/h7-11,13-19H,2,6,12H2,1,3-5H3/b15-8-,19-13+,20-16+,21-14+. The minimum Gasteiger partial charge on any atom is -0.0990 e. The predicted octanol–water partition coefficient (Wildman–Crippen LogP) is 7.03. The summed E-state index contributed by atoms with van der Waals surface area (Å²) in [4.78, 5) is 0. The zero-order chi connectivity index (χ0) is 17.8. The average molecular weight is 356 g/mol. The summed E-state index contributed by atoms with van der Waals surface area (Å²) in [5.41, 5.74) is 0. The molecule has 0 amide bonds. The molecule has 1 aromatic rings. The van der Waals surface area contributed by atoms with E-state index in [9.17, 15) is 0 Å². The molecule has 0 saturated heterocycles. The van der Waals surface area contributed by atoms with Gasteiger partial charge in [-0.3, -0.25) is 0 Å². The van der Waals surface area contributed by atoms with Gasteiger partial charge < -0.3 is 0 Å². The monoisotopic (exact) mass is 356 g/mol. The lowest BCUT2D eigenvalue weighted by Crippen LogP contribution is -1.99. The van der Waals surface area contributed by atoms with Crippen LogP contribution in [0.2, 0.25) is 0 Å². The Labute approximate surface area is 151 Å². The lowest BCUT2D eigenvalue weighted by molar-refractivity contribution is 1.22. The molecule has 0 nitrogen and oxygen atoms in total. The number of hydrogen-bond acceptors (Lipinski definition) is 0. The van der Waals surface area contributed by atoms with Crippen LogP contribution >= 0.6 is 15.8 Å². The molecule has 1 rings (SSSR count). The van der Waals surface area contributed by atoms with E-state index in [0.717, 1.165) is 12.8 Å². The molecule has 0 aliphatic rings. The first-order valence-corrected chi connectivity index (χ1v) is 12.4. The van der Waals surface area contributed by atoms with Gasteiger partial charge in [-0.2, -0.15) is 0 Å². The molecular weight excluding hydrogens is 326 g/mol. The van der Waals surface area contributed by atoms with Gasteiger partial charge in [0.1, 0.15) is 0 Å². The summed E-state index contributed by atoms with van der Waals surface area (Å²) in [5, 5.41) is 4.24. The summed E-state index contributed by atoms with van der Waals surface area (Å²) in [7, 11) is -0.375. The van der Waals surface area contributed by atoms with Crippen molar-refractivity contribution < 1.29 is 0 Å². The van der Waals surface area contributed by atoms with E-state index < -0.39 is 0 Å². The van der Waals surface area contributed by atoms with Gasteiger partial charge >= 0.3 is 0 Å². The van der Waals surface area contributed by atoms with Crippen LogP contribution in [0.3, 0.4) is 0 Å². The van der Waals surface area contributed by atoms with Gasteiger partial charge in [-0.1, -0.05) is 94.3 Å². The molecule has 24 heavy (non-hydrogen) atoms.